The quantitative estimate of drug-likeness (QED) is 0.324. The molecule has 0 atom stereocenters. The summed E-state index contributed by atoms with van der Waals surface area (Å²) in [5, 5.41) is 11.2. The Labute approximate surface area is 206 Å². The number of benzene rings is 1. The van der Waals surface area contributed by atoms with Crippen molar-refractivity contribution in [2.45, 2.75) is 13.3 Å². The predicted octanol–water partition coefficient (Wildman–Crippen LogP) is 4.69. The number of hydrogen-bond donors (Lipinski definition) is 3. The Morgan fingerprint density at radius 3 is 2.69 bits per heavy atom. The van der Waals surface area contributed by atoms with Gasteiger partial charge in [0.2, 0.25) is 5.91 Å². The number of H-pyrrole nitrogens is 2. The van der Waals surface area contributed by atoms with Gasteiger partial charge < -0.3 is 10.3 Å². The van der Waals surface area contributed by atoms with Crippen molar-refractivity contribution in [2.75, 3.05) is 5.32 Å². The van der Waals surface area contributed by atoms with Crippen molar-refractivity contribution in [3.63, 3.8) is 0 Å². The molecule has 0 fully saturated rings. The smallest absolute Gasteiger partial charge is 0.230 e. The average Bonchev–Trinajstić information content (AvgIpc) is 3.64. The highest BCUT2D eigenvalue weighted by Gasteiger charge is 2.12. The molecule has 3 N–H and O–H groups in total. The molecule has 0 aliphatic carbocycles. The Balaban J connectivity index is 1.16. The van der Waals surface area contributed by atoms with Crippen LogP contribution in [0.4, 0.5) is 5.69 Å². The van der Waals surface area contributed by atoms with Crippen molar-refractivity contribution in [1.29, 1.82) is 0 Å². The van der Waals surface area contributed by atoms with E-state index in [0.717, 1.165) is 56.3 Å². The van der Waals surface area contributed by atoms with Crippen LogP contribution in [0.3, 0.4) is 0 Å². The van der Waals surface area contributed by atoms with E-state index in [-0.39, 0.29) is 12.3 Å². The number of nitrogens with one attached hydrogen (secondary N) is 3. The van der Waals surface area contributed by atoms with Crippen molar-refractivity contribution in [3.8, 4) is 28.3 Å². The Kier molecular flexibility index (Phi) is 5.34. The fraction of sp³-hybridized carbons (Fsp3) is 0.0741. The Morgan fingerprint density at radius 1 is 1.03 bits per heavy atom. The summed E-state index contributed by atoms with van der Waals surface area (Å²) < 4.78 is 1.92. The van der Waals surface area contributed by atoms with Crippen molar-refractivity contribution in [2.24, 2.45) is 0 Å². The first-order valence-corrected chi connectivity index (χ1v) is 11.5. The number of nitrogens with zero attached hydrogens (tertiary/aromatic N) is 5. The SMILES string of the molecule is Cc1cn(-c2nccc3[nH]c(-c4ccc(NC(=O)Cc5cc(-c6cccnc6)n[nH]5)cc4)cc23)cn1. The molecule has 0 radical (unpaired) electrons. The molecule has 176 valence electrons. The molecule has 0 aliphatic rings. The van der Waals surface area contributed by atoms with Crippen LogP contribution < -0.4 is 5.32 Å². The number of anilines is 1. The second-order valence-electron chi connectivity index (χ2n) is 8.52. The largest absolute Gasteiger partial charge is 0.354 e. The third-order valence-corrected chi connectivity index (χ3v) is 5.90. The third-order valence-electron chi connectivity index (χ3n) is 5.90. The number of aryl methyl sites for hydroxylation is 1. The van der Waals surface area contributed by atoms with Crippen LogP contribution >= 0.6 is 0 Å². The van der Waals surface area contributed by atoms with Crippen LogP contribution in [-0.2, 0) is 11.2 Å². The summed E-state index contributed by atoms with van der Waals surface area (Å²) in [5.41, 5.74) is 7.02. The lowest BCUT2D eigenvalue weighted by Gasteiger charge is -2.05. The van der Waals surface area contributed by atoms with Gasteiger partial charge in [0, 0.05) is 52.8 Å². The number of hydrogen-bond acceptors (Lipinski definition) is 5. The van der Waals surface area contributed by atoms with Gasteiger partial charge in [-0.1, -0.05) is 12.1 Å². The van der Waals surface area contributed by atoms with Crippen molar-refractivity contribution in [1.82, 2.24) is 34.7 Å². The van der Waals surface area contributed by atoms with Gasteiger partial charge in [-0.25, -0.2) is 9.97 Å². The van der Waals surface area contributed by atoms with Gasteiger partial charge in [-0.2, -0.15) is 5.10 Å². The van der Waals surface area contributed by atoms with Gasteiger partial charge in [0.25, 0.3) is 0 Å². The highest BCUT2D eigenvalue weighted by molar-refractivity contribution is 5.93. The first-order valence-electron chi connectivity index (χ1n) is 11.5. The van der Waals surface area contributed by atoms with E-state index in [4.69, 9.17) is 0 Å². The van der Waals surface area contributed by atoms with Crippen molar-refractivity contribution >= 4 is 22.5 Å². The standard InChI is InChI=1S/C27H22N8O/c1-17-15-35(16-30-17)27-22-13-24(32-23(22)8-10-29-27)18-4-6-20(7-5-18)31-26(36)12-21-11-25(34-33-21)19-3-2-9-28-14-19/h2-11,13-16,32H,12H2,1H3,(H,31,36)(H,33,34). The number of carbonyl (C=O) groups is 1. The number of aromatic nitrogens is 7. The number of carbonyl (C=O) groups excluding carboxylic acids is 1. The summed E-state index contributed by atoms with van der Waals surface area (Å²) in [6.07, 6.45) is 9.15. The van der Waals surface area contributed by atoms with E-state index in [1.54, 1.807) is 24.9 Å². The van der Waals surface area contributed by atoms with E-state index in [9.17, 15) is 4.79 Å². The van der Waals surface area contributed by atoms with Crippen LogP contribution in [0.2, 0.25) is 0 Å². The van der Waals surface area contributed by atoms with E-state index in [0.29, 0.717) is 0 Å². The van der Waals surface area contributed by atoms with Crippen LogP contribution in [0.5, 0.6) is 0 Å². The molecule has 0 aliphatic heterocycles. The Bertz CT molecular complexity index is 1660. The molecule has 5 heterocycles. The molecule has 5 aromatic heterocycles. The van der Waals surface area contributed by atoms with Crippen molar-refractivity contribution < 1.29 is 4.79 Å². The van der Waals surface area contributed by atoms with Gasteiger partial charge in [-0.05, 0) is 55.0 Å². The monoisotopic (exact) mass is 474 g/mol. The summed E-state index contributed by atoms with van der Waals surface area (Å²) in [4.78, 5) is 29.0. The van der Waals surface area contributed by atoms with E-state index >= 15 is 0 Å². The molecule has 1 amide bonds. The lowest BCUT2D eigenvalue weighted by molar-refractivity contribution is -0.115. The van der Waals surface area contributed by atoms with Crippen LogP contribution in [-0.4, -0.2) is 40.6 Å². The van der Waals surface area contributed by atoms with Crippen molar-refractivity contribution in [3.05, 3.63) is 97.1 Å². The highest BCUT2D eigenvalue weighted by atomic mass is 16.1. The van der Waals surface area contributed by atoms with Gasteiger partial charge in [0.15, 0.2) is 0 Å². The number of pyridine rings is 2. The fourth-order valence-electron chi connectivity index (χ4n) is 4.16. The topological polar surface area (TPSA) is 117 Å². The zero-order valence-corrected chi connectivity index (χ0v) is 19.4. The fourth-order valence-corrected chi connectivity index (χ4v) is 4.16. The minimum Gasteiger partial charge on any atom is -0.354 e. The average molecular weight is 475 g/mol. The summed E-state index contributed by atoms with van der Waals surface area (Å²) in [7, 11) is 0. The van der Waals surface area contributed by atoms with E-state index in [2.05, 4.69) is 41.5 Å². The van der Waals surface area contributed by atoms with Crippen LogP contribution in [0.15, 0.2) is 85.7 Å². The maximum Gasteiger partial charge on any atom is 0.230 e. The number of rotatable bonds is 6. The molecular formula is C27H22N8O. The maximum atomic E-state index is 12.6. The first-order chi connectivity index (χ1) is 17.6. The van der Waals surface area contributed by atoms with E-state index in [1.165, 1.54) is 0 Å². The molecule has 9 nitrogen and oxygen atoms in total. The summed E-state index contributed by atoms with van der Waals surface area (Å²) >= 11 is 0. The molecule has 0 bridgehead atoms. The Hall–Kier alpha value is -5.05. The minimum absolute atomic E-state index is 0.124. The summed E-state index contributed by atoms with van der Waals surface area (Å²) in [6, 6.07) is 17.4. The van der Waals surface area contributed by atoms with E-state index in [1.807, 2.05) is 66.2 Å². The lowest BCUT2D eigenvalue weighted by Crippen LogP contribution is -2.14. The second kappa shape index (κ2) is 8.95. The summed E-state index contributed by atoms with van der Waals surface area (Å²) in [6.45, 7) is 1.95. The molecule has 0 unspecified atom stereocenters. The predicted molar refractivity (Wildman–Crippen MR) is 138 cm³/mol. The molecule has 36 heavy (non-hydrogen) atoms. The number of imidazole rings is 1. The summed E-state index contributed by atoms with van der Waals surface area (Å²) in [5.74, 6) is 0.700. The van der Waals surface area contributed by atoms with Gasteiger partial charge in [0.05, 0.1) is 23.3 Å². The zero-order valence-electron chi connectivity index (χ0n) is 19.4. The van der Waals surface area contributed by atoms with Crippen LogP contribution in [0.1, 0.15) is 11.4 Å². The van der Waals surface area contributed by atoms with Crippen LogP contribution in [0.25, 0.3) is 39.2 Å². The molecule has 6 aromatic rings. The number of amides is 1. The molecular weight excluding hydrogens is 452 g/mol. The van der Waals surface area contributed by atoms with E-state index < -0.39 is 0 Å². The van der Waals surface area contributed by atoms with Crippen LogP contribution in [0, 0.1) is 6.92 Å². The maximum absolute atomic E-state index is 12.6. The first kappa shape index (κ1) is 21.5. The molecule has 0 saturated heterocycles. The Morgan fingerprint density at radius 2 is 1.92 bits per heavy atom. The third kappa shape index (κ3) is 4.25. The molecule has 0 spiro atoms. The minimum atomic E-state index is -0.124. The lowest BCUT2D eigenvalue weighted by atomic mass is 10.1. The molecule has 9 heteroatoms. The normalized spacial score (nSPS) is 11.1. The van der Waals surface area contributed by atoms with Gasteiger partial charge >= 0.3 is 0 Å². The highest BCUT2D eigenvalue weighted by Crippen LogP contribution is 2.28. The number of fused-ring (bicyclic) bond motifs is 1. The zero-order chi connectivity index (χ0) is 24.5. The van der Waals surface area contributed by atoms with Gasteiger partial charge in [0.1, 0.15) is 12.1 Å². The molecule has 1 aromatic carbocycles. The van der Waals surface area contributed by atoms with Gasteiger partial charge in [-0.15, -0.1) is 0 Å². The molecule has 6 rings (SSSR count). The van der Waals surface area contributed by atoms with Gasteiger partial charge in [-0.3, -0.25) is 19.4 Å². The second-order valence-corrected chi connectivity index (χ2v) is 8.52. The molecule has 0 saturated carbocycles. The number of aromatic amines is 2.